The van der Waals surface area contributed by atoms with Crippen molar-refractivity contribution < 1.29 is 19.4 Å². The zero-order valence-corrected chi connectivity index (χ0v) is 37.2. The lowest BCUT2D eigenvalue weighted by Crippen LogP contribution is -2.27. The summed E-state index contributed by atoms with van der Waals surface area (Å²) in [5.74, 6) is -0.209. The van der Waals surface area contributed by atoms with E-state index >= 15 is 0 Å². The molecule has 0 radical (unpaired) electrons. The van der Waals surface area contributed by atoms with Crippen LogP contribution in [0.5, 0.6) is 0 Å². The van der Waals surface area contributed by atoms with Gasteiger partial charge in [-0.05, 0) is 51.4 Å². The Labute approximate surface area is 344 Å². The normalized spacial score (nSPS) is 12.6. The minimum absolute atomic E-state index is 0.174. The van der Waals surface area contributed by atoms with Gasteiger partial charge < -0.3 is 14.6 Å². The maximum Gasteiger partial charge on any atom is 0.306 e. The van der Waals surface area contributed by atoms with Crippen molar-refractivity contribution in [2.45, 2.75) is 264 Å². The van der Waals surface area contributed by atoms with Gasteiger partial charge in [0.15, 0.2) is 0 Å². The molecular formula is C51H96O4. The van der Waals surface area contributed by atoms with Crippen LogP contribution in [0.25, 0.3) is 0 Å². The van der Waals surface area contributed by atoms with Crippen molar-refractivity contribution >= 4 is 5.97 Å². The second-order valence-electron chi connectivity index (χ2n) is 16.5. The Morgan fingerprint density at radius 3 is 1.18 bits per heavy atom. The van der Waals surface area contributed by atoms with E-state index in [-0.39, 0.29) is 12.6 Å². The highest BCUT2D eigenvalue weighted by molar-refractivity contribution is 5.69. The molecule has 1 N–H and O–H groups in total. The summed E-state index contributed by atoms with van der Waals surface area (Å²) in [5, 5.41) is 9.63. The third-order valence-electron chi connectivity index (χ3n) is 11.0. The lowest BCUT2D eigenvalue weighted by molar-refractivity contribution is -0.154. The first kappa shape index (κ1) is 53.6. The van der Waals surface area contributed by atoms with E-state index in [9.17, 15) is 9.90 Å². The molecule has 0 saturated carbocycles. The van der Waals surface area contributed by atoms with Gasteiger partial charge >= 0.3 is 5.97 Å². The molecule has 0 rings (SSSR count). The first-order valence-corrected chi connectivity index (χ1v) is 24.6. The lowest BCUT2D eigenvalue weighted by Gasteiger charge is -2.16. The molecule has 4 heteroatoms. The average molecular weight is 773 g/mol. The van der Waals surface area contributed by atoms with Gasteiger partial charge in [0.1, 0.15) is 6.10 Å². The lowest BCUT2D eigenvalue weighted by atomic mass is 10.0. The molecule has 0 bridgehead atoms. The van der Waals surface area contributed by atoms with Crippen LogP contribution >= 0.6 is 0 Å². The number of aliphatic hydroxyl groups excluding tert-OH is 1. The molecule has 0 aromatic rings. The van der Waals surface area contributed by atoms with Gasteiger partial charge in [-0.25, -0.2) is 0 Å². The zero-order chi connectivity index (χ0) is 39.8. The summed E-state index contributed by atoms with van der Waals surface area (Å²) in [6.45, 7) is 5.35. The van der Waals surface area contributed by atoms with E-state index in [1.807, 2.05) is 0 Å². The Bertz CT molecular complexity index is 818. The zero-order valence-electron chi connectivity index (χ0n) is 37.2. The summed E-state index contributed by atoms with van der Waals surface area (Å²) in [4.78, 5) is 12.2. The molecule has 1 unspecified atom stereocenters. The third-order valence-corrected chi connectivity index (χ3v) is 11.0. The summed E-state index contributed by atoms with van der Waals surface area (Å²) in [5.41, 5.74) is 0. The van der Waals surface area contributed by atoms with E-state index in [2.05, 4.69) is 50.3 Å². The monoisotopic (exact) mass is 773 g/mol. The topological polar surface area (TPSA) is 55.8 Å². The number of hydrogen-bond acceptors (Lipinski definition) is 4. The number of carbonyl (C=O) groups is 1. The van der Waals surface area contributed by atoms with Gasteiger partial charge in [0.25, 0.3) is 0 Å². The first-order chi connectivity index (χ1) is 27.2. The van der Waals surface area contributed by atoms with Crippen LogP contribution in [-0.4, -0.2) is 37.0 Å². The third kappa shape index (κ3) is 46.9. The molecule has 0 aliphatic rings. The number of unbranched alkanes of at least 4 members (excludes halogenated alkanes) is 32. The molecule has 55 heavy (non-hydrogen) atoms. The molecule has 0 fully saturated rings. The summed E-state index contributed by atoms with van der Waals surface area (Å²) in [6.07, 6.45) is 62.3. The van der Waals surface area contributed by atoms with Crippen LogP contribution in [0.1, 0.15) is 258 Å². The Morgan fingerprint density at radius 2 is 0.764 bits per heavy atom. The molecule has 4 nitrogen and oxygen atoms in total. The number of carbonyl (C=O) groups excluding carboxylic acids is 1. The molecular weight excluding hydrogens is 677 g/mol. The molecule has 0 aromatic heterocycles. The van der Waals surface area contributed by atoms with Gasteiger partial charge in [-0.1, -0.05) is 237 Å². The molecule has 324 valence electrons. The number of ether oxygens (including phenoxy) is 2. The van der Waals surface area contributed by atoms with Gasteiger partial charge in [0, 0.05) is 13.0 Å². The van der Waals surface area contributed by atoms with Crippen molar-refractivity contribution in [2.75, 3.05) is 19.8 Å². The maximum atomic E-state index is 12.2. The number of hydrogen-bond donors (Lipinski definition) is 1. The molecule has 0 aliphatic carbocycles. The summed E-state index contributed by atoms with van der Waals surface area (Å²) < 4.78 is 11.2. The minimum atomic E-state index is -0.539. The number of allylic oxidation sites excluding steroid dienone is 6. The van der Waals surface area contributed by atoms with E-state index in [0.29, 0.717) is 19.6 Å². The largest absolute Gasteiger partial charge is 0.457 e. The van der Waals surface area contributed by atoms with Crippen molar-refractivity contribution in [2.24, 2.45) is 0 Å². The molecule has 0 amide bonds. The SMILES string of the molecule is CCCCC/C=C\C/C=C\C/C=C\CCCCCCCCC(=O)OC(CO)COCCCCCCCCCCCCCCCCCCCCCCCCCC. The molecule has 1 atom stereocenters. The fraction of sp³-hybridized carbons (Fsp3) is 0.863. The van der Waals surface area contributed by atoms with E-state index in [1.54, 1.807) is 0 Å². The van der Waals surface area contributed by atoms with E-state index in [4.69, 9.17) is 9.47 Å². The second-order valence-corrected chi connectivity index (χ2v) is 16.5. The van der Waals surface area contributed by atoms with Gasteiger partial charge in [-0.2, -0.15) is 0 Å². The summed E-state index contributed by atoms with van der Waals surface area (Å²) in [6, 6.07) is 0. The molecule has 0 aromatic carbocycles. The molecule has 0 saturated heterocycles. The first-order valence-electron chi connectivity index (χ1n) is 24.6. The smallest absolute Gasteiger partial charge is 0.306 e. The van der Waals surface area contributed by atoms with Gasteiger partial charge in [0.05, 0.1) is 13.2 Å². The highest BCUT2D eigenvalue weighted by atomic mass is 16.6. The highest BCUT2D eigenvalue weighted by Crippen LogP contribution is 2.16. The van der Waals surface area contributed by atoms with Crippen LogP contribution in [0, 0.1) is 0 Å². The van der Waals surface area contributed by atoms with Crippen LogP contribution in [0.4, 0.5) is 0 Å². The van der Waals surface area contributed by atoms with Crippen molar-refractivity contribution in [1.29, 1.82) is 0 Å². The summed E-state index contributed by atoms with van der Waals surface area (Å²) in [7, 11) is 0. The van der Waals surface area contributed by atoms with Crippen molar-refractivity contribution in [3.63, 3.8) is 0 Å². The number of rotatable bonds is 46. The predicted octanol–water partition coefficient (Wildman–Crippen LogP) is 16.4. The number of esters is 1. The van der Waals surface area contributed by atoms with Gasteiger partial charge in [-0.15, -0.1) is 0 Å². The Kier molecular flexibility index (Phi) is 47.5. The Balaban J connectivity index is 3.39. The van der Waals surface area contributed by atoms with E-state index in [0.717, 1.165) is 44.9 Å². The van der Waals surface area contributed by atoms with Gasteiger partial charge in [0.2, 0.25) is 0 Å². The van der Waals surface area contributed by atoms with E-state index < -0.39 is 6.10 Å². The molecule has 0 spiro atoms. The van der Waals surface area contributed by atoms with Crippen molar-refractivity contribution in [1.82, 2.24) is 0 Å². The quantitative estimate of drug-likeness (QED) is 0.0380. The van der Waals surface area contributed by atoms with E-state index in [1.165, 1.54) is 193 Å². The fourth-order valence-corrected chi connectivity index (χ4v) is 7.28. The fourth-order valence-electron chi connectivity index (χ4n) is 7.28. The van der Waals surface area contributed by atoms with Crippen LogP contribution in [0.15, 0.2) is 36.5 Å². The molecule has 0 heterocycles. The number of aliphatic hydroxyl groups is 1. The van der Waals surface area contributed by atoms with Crippen molar-refractivity contribution in [3.8, 4) is 0 Å². The van der Waals surface area contributed by atoms with Crippen LogP contribution < -0.4 is 0 Å². The maximum absolute atomic E-state index is 12.2. The Hall–Kier alpha value is -1.39. The Morgan fingerprint density at radius 1 is 0.436 bits per heavy atom. The predicted molar refractivity (Wildman–Crippen MR) is 242 cm³/mol. The van der Waals surface area contributed by atoms with Crippen LogP contribution in [0.2, 0.25) is 0 Å². The summed E-state index contributed by atoms with van der Waals surface area (Å²) >= 11 is 0. The standard InChI is InChI=1S/C51H96O4/c1-3-5-7-9-11-13-15-17-19-21-23-24-25-26-27-29-31-33-35-37-39-41-43-45-47-54-49-50(48-52)55-51(53)46-44-42-40-38-36-34-32-30-28-22-20-18-16-14-12-10-8-6-4-2/h12,14,18,20,28,30,50,52H,3-11,13,15-17,19,21-27,29,31-49H2,1-2H3/b14-12-,20-18-,30-28-. The molecule has 0 aliphatic heterocycles. The van der Waals surface area contributed by atoms with Crippen LogP contribution in [0.3, 0.4) is 0 Å². The van der Waals surface area contributed by atoms with Crippen molar-refractivity contribution in [3.05, 3.63) is 36.5 Å². The van der Waals surface area contributed by atoms with Crippen LogP contribution in [-0.2, 0) is 14.3 Å². The highest BCUT2D eigenvalue weighted by Gasteiger charge is 2.13. The second kappa shape index (κ2) is 48.8. The van der Waals surface area contributed by atoms with Gasteiger partial charge in [-0.3, -0.25) is 4.79 Å². The average Bonchev–Trinajstić information content (AvgIpc) is 3.19. The minimum Gasteiger partial charge on any atom is -0.457 e.